The number of carboxylic acids is 2. The molecule has 0 heterocycles. The molecule has 0 amide bonds. The summed E-state index contributed by atoms with van der Waals surface area (Å²) in [6.45, 7) is 0. The van der Waals surface area contributed by atoms with Gasteiger partial charge >= 0.3 is 34.0 Å². The van der Waals surface area contributed by atoms with E-state index in [0.29, 0.717) is 0 Å². The second-order valence-electron chi connectivity index (χ2n) is 3.32. The summed E-state index contributed by atoms with van der Waals surface area (Å²) in [5.41, 5.74) is -2.99. The molecule has 0 rings (SSSR count). The Morgan fingerprint density at radius 2 is 1.48 bits per heavy atom. The number of rotatable bonds is 6. The van der Waals surface area contributed by atoms with Crippen LogP contribution in [0.25, 0.3) is 0 Å². The highest BCUT2D eigenvalue weighted by Gasteiger charge is 2.42. The second-order valence-corrected chi connectivity index (χ2v) is 5.05. The van der Waals surface area contributed by atoms with Gasteiger partial charge in [0.15, 0.2) is 5.60 Å². The zero-order valence-electron chi connectivity index (χ0n) is 9.94. The van der Waals surface area contributed by atoms with Gasteiger partial charge in [-0.1, -0.05) is 0 Å². The van der Waals surface area contributed by atoms with Gasteiger partial charge in [-0.05, 0) is 0 Å². The maximum absolute atomic E-state index is 10.8. The molecule has 0 aromatic carbocycles. The van der Waals surface area contributed by atoms with Crippen LogP contribution in [0.1, 0.15) is 12.8 Å². The Hall–Kier alpha value is -1.33. The van der Waals surface area contributed by atoms with Gasteiger partial charge in [0.1, 0.15) is 0 Å². The van der Waals surface area contributed by atoms with Crippen molar-refractivity contribution in [1.82, 2.24) is 0 Å². The Kier molecular flexibility index (Phi) is 9.25. The summed E-state index contributed by atoms with van der Waals surface area (Å²) < 4.78 is 22.4. The molecule has 0 aliphatic rings. The van der Waals surface area contributed by atoms with Gasteiger partial charge in [0, 0.05) is 0 Å². The van der Waals surface area contributed by atoms with E-state index in [4.69, 9.17) is 34.4 Å². The third-order valence-electron chi connectivity index (χ3n) is 1.50. The maximum atomic E-state index is 10.8. The maximum Gasteiger partial charge on any atom is 0.526 e. The lowest BCUT2D eigenvalue weighted by molar-refractivity contribution is -0.170. The van der Waals surface area contributed by atoms with Crippen molar-refractivity contribution in [3.8, 4) is 0 Å². The number of carboxylic acid groups (broad SMARTS) is 2. The summed E-state index contributed by atoms with van der Waals surface area (Å²) in [6.07, 6.45) is -2.72. The van der Waals surface area contributed by atoms with Crippen LogP contribution in [-0.4, -0.2) is 58.4 Å². The van der Waals surface area contributed by atoms with Crippen molar-refractivity contribution in [3.05, 3.63) is 0 Å². The molecule has 0 aliphatic heterocycles. The molecular weight excluding hydrogens is 342 g/mol. The highest BCUT2D eigenvalue weighted by molar-refractivity contribution is 7.46. The summed E-state index contributed by atoms with van der Waals surface area (Å²) in [6, 6.07) is 0. The molecule has 15 heteroatoms. The molecule has 124 valence electrons. The van der Waals surface area contributed by atoms with Crippen molar-refractivity contribution >= 4 is 34.0 Å². The monoisotopic (exact) mass is 354 g/mol. The molecule has 1 atom stereocenters. The Bertz CT molecular complexity index is 461. The van der Waals surface area contributed by atoms with Crippen LogP contribution in [0, 0.1) is 0 Å². The summed E-state index contributed by atoms with van der Waals surface area (Å²) in [5, 5.41) is 26.1. The van der Waals surface area contributed by atoms with Crippen LogP contribution in [0.3, 0.4) is 0 Å². The van der Waals surface area contributed by atoms with Gasteiger partial charge < -0.3 is 29.6 Å². The van der Waals surface area contributed by atoms with Crippen molar-refractivity contribution in [2.45, 2.75) is 18.4 Å². The lowest BCUT2D eigenvalue weighted by atomic mass is 9.96. The van der Waals surface area contributed by atoms with Crippen molar-refractivity contribution in [1.29, 1.82) is 0 Å². The fraction of sp³-hybridized carbons (Fsp3) is 0.500. The van der Waals surface area contributed by atoms with Crippen LogP contribution in [0.15, 0.2) is 0 Å². The van der Waals surface area contributed by atoms with E-state index >= 15 is 0 Å². The molecule has 0 aliphatic carbocycles. The topological polar surface area (TPSA) is 236 Å². The minimum atomic E-state index is -5.17. The van der Waals surface area contributed by atoms with Gasteiger partial charge in [-0.15, -0.1) is 0 Å². The molecule has 0 aromatic rings. The molecule has 0 fully saturated rings. The third-order valence-corrected chi connectivity index (χ3v) is 1.94. The fourth-order valence-electron chi connectivity index (χ4n) is 0.868. The zero-order chi connectivity index (χ0) is 17.4. The van der Waals surface area contributed by atoms with Crippen molar-refractivity contribution in [2.75, 3.05) is 0 Å². The first-order valence-corrected chi connectivity index (χ1v) is 7.40. The van der Waals surface area contributed by atoms with Gasteiger partial charge in [0.2, 0.25) is 0 Å². The number of hydrogen-bond donors (Lipinski definition) is 7. The number of hydrogen-bond acceptors (Lipinski definition) is 7. The van der Waals surface area contributed by atoms with Gasteiger partial charge in [0.05, 0.1) is 12.8 Å². The lowest BCUT2D eigenvalue weighted by Crippen LogP contribution is -2.43. The highest BCUT2D eigenvalue weighted by atomic mass is 31.2. The van der Waals surface area contributed by atoms with Crippen LogP contribution in [0.4, 0.5) is 0 Å². The van der Waals surface area contributed by atoms with E-state index in [2.05, 4.69) is 4.52 Å². The summed E-state index contributed by atoms with van der Waals surface area (Å²) in [4.78, 5) is 62.4. The molecular formula is C6H12O13P2. The first kappa shape index (κ1) is 22.0. The lowest BCUT2D eigenvalue weighted by Gasteiger charge is -2.20. The molecule has 13 nitrogen and oxygen atoms in total. The molecule has 0 spiro atoms. The van der Waals surface area contributed by atoms with Crippen molar-refractivity contribution in [3.63, 3.8) is 0 Å². The smallest absolute Gasteiger partial charge is 0.481 e. The van der Waals surface area contributed by atoms with E-state index in [1.807, 2.05) is 0 Å². The van der Waals surface area contributed by atoms with Crippen LogP contribution < -0.4 is 0 Å². The molecule has 0 aromatic heterocycles. The predicted octanol–water partition coefficient (Wildman–Crippen LogP) is -2.34. The minimum absolute atomic E-state index is 1.32. The number of carbonyl (C=O) groups is 3. The summed E-state index contributed by atoms with van der Waals surface area (Å²) in [5.74, 6) is -5.47. The Balaban J connectivity index is 0. The van der Waals surface area contributed by atoms with E-state index in [-0.39, 0.29) is 0 Å². The van der Waals surface area contributed by atoms with E-state index in [9.17, 15) is 24.1 Å². The Labute approximate surface area is 116 Å². The summed E-state index contributed by atoms with van der Waals surface area (Å²) >= 11 is 0. The number of carbonyl (C=O) groups excluding carboxylic acids is 1. The Morgan fingerprint density at radius 3 is 1.71 bits per heavy atom. The molecule has 0 bridgehead atoms. The zero-order valence-corrected chi connectivity index (χ0v) is 11.8. The molecule has 0 saturated heterocycles. The van der Waals surface area contributed by atoms with E-state index in [0.717, 1.165) is 0 Å². The number of phosphoric ester groups is 1. The fourth-order valence-corrected chi connectivity index (χ4v) is 1.20. The normalized spacial score (nSPS) is 13.6. The molecule has 21 heavy (non-hydrogen) atoms. The van der Waals surface area contributed by atoms with E-state index < -0.39 is 52.4 Å². The Morgan fingerprint density at radius 1 is 1.10 bits per heavy atom. The SMILES string of the molecule is O=C(O)CC(O)(CC(=O)OP(=O)(O)O)C(=O)O.O=[PH](O)O. The minimum Gasteiger partial charge on any atom is -0.481 e. The van der Waals surface area contributed by atoms with Gasteiger partial charge in [-0.2, -0.15) is 0 Å². The van der Waals surface area contributed by atoms with Crippen molar-refractivity contribution in [2.24, 2.45) is 0 Å². The van der Waals surface area contributed by atoms with E-state index in [1.54, 1.807) is 0 Å². The van der Waals surface area contributed by atoms with Crippen LogP contribution in [-0.2, 0) is 28.0 Å². The predicted molar refractivity (Wildman–Crippen MR) is 61.0 cm³/mol. The summed E-state index contributed by atoms with van der Waals surface area (Å²) in [7, 11) is -8.30. The molecule has 0 radical (unpaired) electrons. The van der Waals surface area contributed by atoms with Crippen molar-refractivity contribution < 1.29 is 62.9 Å². The largest absolute Gasteiger partial charge is 0.526 e. The number of aliphatic hydroxyl groups is 1. The van der Waals surface area contributed by atoms with Gasteiger partial charge in [0.25, 0.3) is 0 Å². The third kappa shape index (κ3) is 13.4. The number of phosphoric acid groups is 1. The average molecular weight is 354 g/mol. The average Bonchev–Trinajstić information content (AvgIpc) is 2.10. The second kappa shape index (κ2) is 8.85. The quantitative estimate of drug-likeness (QED) is 0.248. The molecule has 0 saturated carbocycles. The highest BCUT2D eigenvalue weighted by Crippen LogP contribution is 2.37. The van der Waals surface area contributed by atoms with Crippen LogP contribution in [0.2, 0.25) is 0 Å². The standard InChI is InChI=1S/C6H9O10P.H3O3P/c7-3(8)1-6(12,5(10)11)2-4(9)16-17(13,14)15;1-4(2)3/h12H,1-2H2,(H,7,8)(H,10,11)(H2,13,14,15);4H,(H2,1,2,3). The van der Waals surface area contributed by atoms with Crippen LogP contribution >= 0.6 is 16.1 Å². The first-order chi connectivity index (χ1) is 9.19. The number of aliphatic carboxylic acids is 2. The van der Waals surface area contributed by atoms with Crippen LogP contribution in [0.5, 0.6) is 0 Å². The van der Waals surface area contributed by atoms with Gasteiger partial charge in [-0.3, -0.25) is 23.9 Å². The molecule has 1 unspecified atom stereocenters. The van der Waals surface area contributed by atoms with E-state index in [1.165, 1.54) is 0 Å². The molecule has 7 N–H and O–H groups in total. The first-order valence-electron chi connectivity index (χ1n) is 4.57. The van der Waals surface area contributed by atoms with Gasteiger partial charge in [-0.25, -0.2) is 9.36 Å².